The number of aromatic nitrogens is 1. The molecule has 0 spiro atoms. The van der Waals surface area contributed by atoms with E-state index in [9.17, 15) is 9.59 Å². The van der Waals surface area contributed by atoms with E-state index in [1.807, 2.05) is 38.1 Å². The molecule has 1 aliphatic carbocycles. The monoisotopic (exact) mass is 539 g/mol. The summed E-state index contributed by atoms with van der Waals surface area (Å²) in [4.78, 5) is 32.7. The van der Waals surface area contributed by atoms with Crippen molar-refractivity contribution < 1.29 is 14.3 Å². The molecule has 39 heavy (non-hydrogen) atoms. The zero-order valence-corrected chi connectivity index (χ0v) is 23.6. The Balaban J connectivity index is 1.55. The Bertz CT molecular complexity index is 1490. The molecule has 2 N–H and O–H groups in total. The van der Waals surface area contributed by atoms with Gasteiger partial charge in [0.05, 0.1) is 7.11 Å². The lowest BCUT2D eigenvalue weighted by molar-refractivity contribution is -0.116. The molecule has 1 atom stereocenters. The first-order valence-electron chi connectivity index (χ1n) is 13.2. The Kier molecular flexibility index (Phi) is 7.89. The number of pyridine rings is 1. The normalized spacial score (nSPS) is 17.0. The van der Waals surface area contributed by atoms with Gasteiger partial charge in [0.1, 0.15) is 11.6 Å². The van der Waals surface area contributed by atoms with Crippen molar-refractivity contribution in [2.24, 2.45) is 0 Å². The van der Waals surface area contributed by atoms with Gasteiger partial charge in [0.25, 0.3) is 5.91 Å². The molecule has 0 saturated carbocycles. The highest BCUT2D eigenvalue weighted by molar-refractivity contribution is 7.98. The number of carbonyl (C=O) groups excluding carboxylic acids is 2. The zero-order chi connectivity index (χ0) is 27.5. The summed E-state index contributed by atoms with van der Waals surface area (Å²) in [7, 11) is 1.67. The fraction of sp³-hybridized carbons (Fsp3) is 0.281. The largest absolute Gasteiger partial charge is 0.496 e. The third kappa shape index (κ3) is 5.64. The molecule has 0 fully saturated rings. The van der Waals surface area contributed by atoms with Gasteiger partial charge in [0.2, 0.25) is 0 Å². The van der Waals surface area contributed by atoms with Crippen molar-refractivity contribution in [3.8, 4) is 5.75 Å². The minimum absolute atomic E-state index is 0.0898. The van der Waals surface area contributed by atoms with Crippen molar-refractivity contribution in [3.63, 3.8) is 0 Å². The summed E-state index contributed by atoms with van der Waals surface area (Å²) in [5.74, 6) is 1.35. The lowest BCUT2D eigenvalue weighted by atomic mass is 9.74. The van der Waals surface area contributed by atoms with Crippen LogP contribution >= 0.6 is 11.8 Å². The third-order valence-electron chi connectivity index (χ3n) is 7.32. The Labute approximate surface area is 234 Å². The molecule has 0 unspecified atom stereocenters. The van der Waals surface area contributed by atoms with Crippen molar-refractivity contribution in [3.05, 3.63) is 106 Å². The summed E-state index contributed by atoms with van der Waals surface area (Å²) in [6.07, 6.45) is 3.74. The average Bonchev–Trinajstić information content (AvgIpc) is 2.93. The molecule has 0 saturated heterocycles. The molecule has 7 heteroatoms. The maximum Gasteiger partial charge on any atom is 0.255 e. The summed E-state index contributed by atoms with van der Waals surface area (Å²) in [5, 5.41) is 6.39. The van der Waals surface area contributed by atoms with Gasteiger partial charge in [-0.3, -0.25) is 9.59 Å². The number of ketones is 1. The van der Waals surface area contributed by atoms with Crippen LogP contribution in [0.25, 0.3) is 0 Å². The number of anilines is 1. The molecule has 2 heterocycles. The van der Waals surface area contributed by atoms with Crippen LogP contribution < -0.4 is 15.4 Å². The van der Waals surface area contributed by atoms with E-state index in [1.54, 1.807) is 25.1 Å². The molecular formula is C32H33N3O3S. The number of nitrogens with zero attached hydrogens (tertiary/aromatic N) is 1. The minimum Gasteiger partial charge on any atom is -0.496 e. The van der Waals surface area contributed by atoms with Crippen LogP contribution in [0.4, 0.5) is 5.82 Å². The maximum atomic E-state index is 13.8. The van der Waals surface area contributed by atoms with E-state index in [0.717, 1.165) is 46.7 Å². The number of rotatable bonds is 7. The van der Waals surface area contributed by atoms with Crippen LogP contribution in [0.2, 0.25) is 0 Å². The van der Waals surface area contributed by atoms with Crippen molar-refractivity contribution in [2.75, 3.05) is 12.4 Å². The lowest BCUT2D eigenvalue weighted by Gasteiger charge is -2.34. The number of amides is 1. The standard InChI is InChI=1S/C32H33N3O3S/c1-19-10-13-24(14-11-19)39-18-23-17-22(12-15-27(23)38-4)29-28(32(37)35-31-20(2)7-6-16-33-31)21(3)34-25-8-5-9-26(36)30(25)29/h6-7,10-17,29,34H,5,8-9,18H2,1-4H3,(H,33,35,37)/t29-/m0/s1. The number of dihydropyridines is 1. The number of hydrogen-bond acceptors (Lipinski definition) is 6. The van der Waals surface area contributed by atoms with Gasteiger partial charge in [0, 0.05) is 57.3 Å². The van der Waals surface area contributed by atoms with E-state index >= 15 is 0 Å². The second kappa shape index (κ2) is 11.5. The SMILES string of the molecule is COc1ccc([C@H]2C(C(=O)Nc3ncccc3C)=C(C)NC3=C2C(=O)CCC3)cc1CSc1ccc(C)cc1. The Morgan fingerprint density at radius 2 is 1.90 bits per heavy atom. The molecule has 0 radical (unpaired) electrons. The second-order valence-electron chi connectivity index (χ2n) is 10.1. The molecule has 2 aromatic carbocycles. The Morgan fingerprint density at radius 3 is 2.64 bits per heavy atom. The van der Waals surface area contributed by atoms with Gasteiger partial charge < -0.3 is 15.4 Å². The van der Waals surface area contributed by atoms with Crippen LogP contribution in [0.15, 0.2) is 88.2 Å². The Hall–Kier alpha value is -3.84. The molecule has 1 aliphatic heterocycles. The molecular weight excluding hydrogens is 506 g/mol. The van der Waals surface area contributed by atoms with Crippen LogP contribution in [0.3, 0.4) is 0 Å². The van der Waals surface area contributed by atoms with Gasteiger partial charge in [0.15, 0.2) is 5.78 Å². The number of hydrogen-bond donors (Lipinski definition) is 2. The number of nitrogens with one attached hydrogen (secondary N) is 2. The maximum absolute atomic E-state index is 13.8. The van der Waals surface area contributed by atoms with Crippen molar-refractivity contribution >= 4 is 29.3 Å². The number of benzene rings is 2. The molecule has 5 rings (SSSR count). The zero-order valence-electron chi connectivity index (χ0n) is 22.8. The van der Waals surface area contributed by atoms with Gasteiger partial charge >= 0.3 is 0 Å². The number of Topliss-reactive ketones (excluding diaryl/α,β-unsaturated/α-hetero) is 1. The molecule has 0 bridgehead atoms. The summed E-state index contributed by atoms with van der Waals surface area (Å²) in [5.41, 5.74) is 6.92. The van der Waals surface area contributed by atoms with Crippen molar-refractivity contribution in [2.45, 2.75) is 56.6 Å². The first-order valence-corrected chi connectivity index (χ1v) is 14.2. The number of allylic oxidation sites excluding steroid dienone is 3. The number of methoxy groups -OCH3 is 1. The smallest absolute Gasteiger partial charge is 0.255 e. The van der Waals surface area contributed by atoms with Gasteiger partial charge in [-0.15, -0.1) is 11.8 Å². The second-order valence-corrected chi connectivity index (χ2v) is 11.1. The molecule has 200 valence electrons. The van der Waals surface area contributed by atoms with E-state index < -0.39 is 5.92 Å². The fourth-order valence-corrected chi connectivity index (χ4v) is 6.17. The summed E-state index contributed by atoms with van der Waals surface area (Å²) < 4.78 is 5.71. The quantitative estimate of drug-likeness (QED) is 0.329. The van der Waals surface area contributed by atoms with Crippen LogP contribution in [0.5, 0.6) is 5.75 Å². The molecule has 3 aromatic rings. The van der Waals surface area contributed by atoms with Crippen LogP contribution in [0, 0.1) is 13.8 Å². The number of thioether (sulfide) groups is 1. The van der Waals surface area contributed by atoms with E-state index in [4.69, 9.17) is 4.74 Å². The van der Waals surface area contributed by atoms with E-state index in [2.05, 4.69) is 52.9 Å². The Morgan fingerprint density at radius 1 is 1.10 bits per heavy atom. The number of aryl methyl sites for hydroxylation is 2. The summed E-state index contributed by atoms with van der Waals surface area (Å²) >= 11 is 1.73. The lowest BCUT2D eigenvalue weighted by Crippen LogP contribution is -2.35. The van der Waals surface area contributed by atoms with Crippen LogP contribution in [-0.4, -0.2) is 23.8 Å². The minimum atomic E-state index is -0.480. The molecule has 1 amide bonds. The van der Waals surface area contributed by atoms with E-state index in [0.29, 0.717) is 29.1 Å². The predicted octanol–water partition coefficient (Wildman–Crippen LogP) is 6.61. The van der Waals surface area contributed by atoms with E-state index in [1.165, 1.54) is 10.5 Å². The van der Waals surface area contributed by atoms with Crippen LogP contribution in [-0.2, 0) is 15.3 Å². The highest BCUT2D eigenvalue weighted by Crippen LogP contribution is 2.44. The highest BCUT2D eigenvalue weighted by atomic mass is 32.2. The first-order chi connectivity index (χ1) is 18.9. The first kappa shape index (κ1) is 26.8. The predicted molar refractivity (Wildman–Crippen MR) is 156 cm³/mol. The van der Waals surface area contributed by atoms with E-state index in [-0.39, 0.29) is 11.7 Å². The van der Waals surface area contributed by atoms with Gasteiger partial charge in [-0.1, -0.05) is 35.9 Å². The van der Waals surface area contributed by atoms with Gasteiger partial charge in [-0.25, -0.2) is 4.98 Å². The average molecular weight is 540 g/mol. The van der Waals surface area contributed by atoms with Crippen molar-refractivity contribution in [1.29, 1.82) is 0 Å². The number of carbonyl (C=O) groups is 2. The van der Waals surface area contributed by atoms with Gasteiger partial charge in [-0.05, 0) is 69.0 Å². The van der Waals surface area contributed by atoms with Crippen LogP contribution in [0.1, 0.15) is 54.4 Å². The van der Waals surface area contributed by atoms with Crippen molar-refractivity contribution in [1.82, 2.24) is 10.3 Å². The molecule has 1 aromatic heterocycles. The fourth-order valence-electron chi connectivity index (χ4n) is 5.30. The van der Waals surface area contributed by atoms with Gasteiger partial charge in [-0.2, -0.15) is 0 Å². The third-order valence-corrected chi connectivity index (χ3v) is 8.38. The molecule has 6 nitrogen and oxygen atoms in total. The summed E-state index contributed by atoms with van der Waals surface area (Å²) in [6, 6.07) is 18.2. The molecule has 2 aliphatic rings. The summed E-state index contributed by atoms with van der Waals surface area (Å²) in [6.45, 7) is 5.90. The number of ether oxygens (including phenoxy) is 1. The topological polar surface area (TPSA) is 80.3 Å². The highest BCUT2D eigenvalue weighted by Gasteiger charge is 2.38.